The summed E-state index contributed by atoms with van der Waals surface area (Å²) in [7, 11) is 0. The number of cyclic esters (lactones) is 1. The van der Waals surface area contributed by atoms with Gasteiger partial charge < -0.3 is 30.1 Å². The summed E-state index contributed by atoms with van der Waals surface area (Å²) in [5, 5.41) is 31.9. The molecule has 0 bridgehead atoms. The number of Topliss-reactive ketones (excluding diaryl/α,β-unsaturated/α-hetero) is 2. The number of hydrogen-bond donors (Lipinski definition) is 4. The molecule has 11 atom stereocenters. The van der Waals surface area contributed by atoms with Gasteiger partial charge in [-0.3, -0.25) is 24.0 Å². The average Bonchev–Trinajstić information content (AvgIpc) is 3.25. The molecule has 4 N–H and O–H groups in total. The van der Waals surface area contributed by atoms with Crippen LogP contribution < -0.4 is 5.32 Å². The first-order valence-corrected chi connectivity index (χ1v) is 16.9. The van der Waals surface area contributed by atoms with E-state index in [2.05, 4.69) is 5.32 Å². The molecule has 13 nitrogen and oxygen atoms in total. The number of aliphatic hydroxyl groups is 1. The molecule has 260 valence electrons. The maximum absolute atomic E-state index is 15.1. The number of amides is 1. The molecule has 1 amide bonds. The molecule has 1 aliphatic heterocycles. The van der Waals surface area contributed by atoms with Gasteiger partial charge in [-0.2, -0.15) is 11.8 Å². The van der Waals surface area contributed by atoms with Crippen molar-refractivity contribution in [3.8, 4) is 0 Å². The lowest BCUT2D eigenvalue weighted by Gasteiger charge is -2.58. The molecule has 0 radical (unpaired) electrons. The quantitative estimate of drug-likeness (QED) is 0.0805. The van der Waals surface area contributed by atoms with Crippen LogP contribution in [0.1, 0.15) is 40.5 Å². The number of ketones is 2. The van der Waals surface area contributed by atoms with Crippen LogP contribution in [0, 0.1) is 40.4 Å². The molecule has 3 fully saturated rings. The first kappa shape index (κ1) is 36.8. The van der Waals surface area contributed by atoms with E-state index in [-0.39, 0.29) is 24.3 Å². The van der Waals surface area contributed by atoms with Crippen LogP contribution in [0.5, 0.6) is 0 Å². The Morgan fingerprint density at radius 3 is 2.40 bits per heavy atom. The van der Waals surface area contributed by atoms with Gasteiger partial charge in [-0.05, 0) is 24.7 Å². The molecule has 4 aliphatic rings. The van der Waals surface area contributed by atoms with Crippen molar-refractivity contribution in [2.24, 2.45) is 40.4 Å². The van der Waals surface area contributed by atoms with Gasteiger partial charge in [-0.1, -0.05) is 56.4 Å². The number of carbonyl (C=O) groups is 7. The molecule has 1 saturated heterocycles. The summed E-state index contributed by atoms with van der Waals surface area (Å²) >= 11 is 0.978. The molecule has 1 spiro atoms. The van der Waals surface area contributed by atoms with Crippen LogP contribution >= 0.6 is 11.8 Å². The number of aliphatic hydroxyl groups excluding tert-OH is 1. The Kier molecular flexibility index (Phi) is 11.2. The zero-order valence-electron chi connectivity index (χ0n) is 27.1. The fraction of sp³-hybridized carbons (Fsp3) is 0.559. The van der Waals surface area contributed by atoms with Gasteiger partial charge in [0.1, 0.15) is 12.1 Å². The number of carbonyl (C=O) groups excluding carboxylic acids is 5. The molecule has 14 heteroatoms. The molecule has 4 rings (SSSR count). The van der Waals surface area contributed by atoms with Crippen molar-refractivity contribution < 1.29 is 58.4 Å². The zero-order valence-corrected chi connectivity index (χ0v) is 27.9. The second-order valence-electron chi connectivity index (χ2n) is 13.0. The number of hydrogen-bond acceptors (Lipinski definition) is 11. The number of carboxylic acids is 2. The van der Waals surface area contributed by atoms with Crippen molar-refractivity contribution in [1.29, 1.82) is 0 Å². The third-order valence-electron chi connectivity index (χ3n) is 10.2. The molecular weight excluding hydrogens is 646 g/mol. The van der Waals surface area contributed by atoms with Crippen molar-refractivity contribution in [3.05, 3.63) is 48.6 Å². The van der Waals surface area contributed by atoms with Gasteiger partial charge in [-0.15, -0.1) is 0 Å². The minimum Gasteiger partial charge on any atom is -0.480 e. The highest BCUT2D eigenvalue weighted by Gasteiger charge is 2.74. The summed E-state index contributed by atoms with van der Waals surface area (Å²) in [6.07, 6.45) is 9.35. The van der Waals surface area contributed by atoms with E-state index in [1.165, 1.54) is 38.2 Å². The van der Waals surface area contributed by atoms with Crippen molar-refractivity contribution in [3.63, 3.8) is 0 Å². The highest BCUT2D eigenvalue weighted by atomic mass is 32.2. The molecule has 0 unspecified atom stereocenters. The van der Waals surface area contributed by atoms with Crippen molar-refractivity contribution >= 4 is 53.1 Å². The lowest BCUT2D eigenvalue weighted by Crippen LogP contribution is -2.66. The zero-order chi connectivity index (χ0) is 35.6. The van der Waals surface area contributed by atoms with E-state index in [1.807, 2.05) is 12.2 Å². The Bertz CT molecular complexity index is 1480. The van der Waals surface area contributed by atoms with E-state index < -0.39 is 106 Å². The van der Waals surface area contributed by atoms with Crippen LogP contribution in [0.2, 0.25) is 0 Å². The number of fused-ring (bicyclic) bond motifs is 3. The fourth-order valence-corrected chi connectivity index (χ4v) is 8.84. The third kappa shape index (κ3) is 6.77. The Balaban J connectivity index is 1.72. The predicted molar refractivity (Wildman–Crippen MR) is 171 cm³/mol. The Hall–Kier alpha value is -4.04. The number of esters is 2. The summed E-state index contributed by atoms with van der Waals surface area (Å²) in [6, 6.07) is -1.25. The second-order valence-corrected chi connectivity index (χ2v) is 14.1. The van der Waals surface area contributed by atoms with E-state index in [1.54, 1.807) is 19.9 Å². The minimum atomic E-state index is -2.25. The summed E-state index contributed by atoms with van der Waals surface area (Å²) < 4.78 is 11.2. The maximum Gasteiger partial charge on any atom is 0.328 e. The molecule has 1 heterocycles. The predicted octanol–water partition coefficient (Wildman–Crippen LogP) is 1.89. The maximum atomic E-state index is 15.1. The van der Waals surface area contributed by atoms with Gasteiger partial charge in [-0.25, -0.2) is 9.59 Å². The Labute approximate surface area is 281 Å². The summed E-state index contributed by atoms with van der Waals surface area (Å²) in [5.41, 5.74) is -3.58. The molecule has 0 aromatic heterocycles. The molecular formula is C34H41NO12S. The number of ether oxygens (including phenoxy) is 2. The van der Waals surface area contributed by atoms with E-state index in [4.69, 9.17) is 14.6 Å². The standard InChI is InChI=1S/C34H41NO12S/c1-17-25(46-19(3)37)14-23-22(28(17)40)12-11-20-13-21(9-7-5-6-8-10-27(38)39)34(31(44)33(20,23)4)29(41)26(47-32(34)45)16-48-15-24(30(42)43)35-18(2)36/h5-12,17,20-26,28,40H,13-16H2,1-4H3,(H,35,36)(H,38,39)(H,42,43)/t17-,20-,21+,22+,23-,24+,25+,26+,28+,33-,34-/m0/s1. The van der Waals surface area contributed by atoms with E-state index in [0.29, 0.717) is 0 Å². The second kappa shape index (κ2) is 14.6. The van der Waals surface area contributed by atoms with Gasteiger partial charge in [0.25, 0.3) is 0 Å². The fourth-order valence-electron chi connectivity index (χ4n) is 7.81. The Morgan fingerprint density at radius 1 is 1.08 bits per heavy atom. The highest BCUT2D eigenvalue weighted by Crippen LogP contribution is 2.62. The van der Waals surface area contributed by atoms with Crippen LogP contribution in [-0.4, -0.2) is 92.5 Å². The normalized spacial score (nSPS) is 36.6. The van der Waals surface area contributed by atoms with Crippen molar-refractivity contribution in [2.45, 2.75) is 64.9 Å². The Morgan fingerprint density at radius 2 is 1.77 bits per heavy atom. The SMILES string of the molecule is CC(=O)N[C@H](CSC[C@H]1OC(=O)[C@@]2(C1=O)C(=O)[C@@]1(C)[C@@H](C=C[C@H]3[C@H](O)[C@@H](C)[C@H](OC(C)=O)C[C@@H]31)C[C@H]2C=CC=CC=CC(=O)O)C(=O)O. The van der Waals surface area contributed by atoms with Gasteiger partial charge in [0.05, 0.1) is 6.10 Å². The molecule has 2 saturated carbocycles. The first-order chi connectivity index (χ1) is 22.6. The lowest BCUT2D eigenvalue weighted by molar-refractivity contribution is -0.180. The third-order valence-corrected chi connectivity index (χ3v) is 11.3. The van der Waals surface area contributed by atoms with Crippen LogP contribution in [0.15, 0.2) is 48.6 Å². The van der Waals surface area contributed by atoms with Crippen LogP contribution in [-0.2, 0) is 43.0 Å². The summed E-state index contributed by atoms with van der Waals surface area (Å²) in [5.74, 6) is -9.15. The number of rotatable bonds is 11. The number of allylic oxidation sites excluding steroid dienone is 6. The molecule has 0 aromatic carbocycles. The van der Waals surface area contributed by atoms with Crippen LogP contribution in [0.3, 0.4) is 0 Å². The first-order valence-electron chi connectivity index (χ1n) is 15.7. The van der Waals surface area contributed by atoms with Crippen molar-refractivity contribution in [1.82, 2.24) is 5.32 Å². The summed E-state index contributed by atoms with van der Waals surface area (Å²) in [4.78, 5) is 89.2. The molecule has 0 aromatic rings. The van der Waals surface area contributed by atoms with Gasteiger partial charge in [0.15, 0.2) is 23.1 Å². The summed E-state index contributed by atoms with van der Waals surface area (Å²) in [6.45, 7) is 5.90. The van der Waals surface area contributed by atoms with Crippen LogP contribution in [0.4, 0.5) is 0 Å². The topological polar surface area (TPSA) is 211 Å². The number of aliphatic carboxylic acids is 2. The molecule has 48 heavy (non-hydrogen) atoms. The minimum absolute atomic E-state index is 0.128. The average molecular weight is 688 g/mol. The lowest BCUT2D eigenvalue weighted by atomic mass is 9.43. The van der Waals surface area contributed by atoms with Crippen molar-refractivity contribution in [2.75, 3.05) is 11.5 Å². The smallest absolute Gasteiger partial charge is 0.328 e. The molecule has 3 aliphatic carbocycles. The highest BCUT2D eigenvalue weighted by molar-refractivity contribution is 7.99. The monoisotopic (exact) mass is 687 g/mol. The number of thioether (sulfide) groups is 1. The largest absolute Gasteiger partial charge is 0.480 e. The van der Waals surface area contributed by atoms with Crippen LogP contribution in [0.25, 0.3) is 0 Å². The number of carboxylic acid groups (broad SMARTS) is 2. The van der Waals surface area contributed by atoms with E-state index >= 15 is 4.79 Å². The van der Waals surface area contributed by atoms with Gasteiger partial charge in [0, 0.05) is 54.6 Å². The number of nitrogens with one attached hydrogen (secondary N) is 1. The van der Waals surface area contributed by atoms with E-state index in [0.717, 1.165) is 17.8 Å². The van der Waals surface area contributed by atoms with Gasteiger partial charge in [0.2, 0.25) is 5.91 Å². The van der Waals surface area contributed by atoms with Gasteiger partial charge >= 0.3 is 23.9 Å². The van der Waals surface area contributed by atoms with E-state index in [9.17, 15) is 39.0 Å².